The first-order valence-electron chi connectivity index (χ1n) is 9.42. The van der Waals surface area contributed by atoms with E-state index < -0.39 is 15.9 Å². The van der Waals surface area contributed by atoms with Crippen LogP contribution in [0.3, 0.4) is 0 Å². The number of fused-ring (bicyclic) bond motifs is 1. The number of nitrogens with zero attached hydrogens (tertiary/aromatic N) is 2. The molecule has 2 aliphatic rings. The van der Waals surface area contributed by atoms with Crippen molar-refractivity contribution in [2.45, 2.75) is 31.8 Å². The van der Waals surface area contributed by atoms with Crippen LogP contribution in [0.2, 0.25) is 0 Å². The van der Waals surface area contributed by atoms with Gasteiger partial charge in [0, 0.05) is 31.5 Å². The van der Waals surface area contributed by atoms with E-state index in [2.05, 4.69) is 10.2 Å². The maximum atomic E-state index is 12.8. The van der Waals surface area contributed by atoms with Gasteiger partial charge in [-0.3, -0.25) is 9.59 Å². The molecule has 1 saturated heterocycles. The fourth-order valence-electron chi connectivity index (χ4n) is 3.74. The zero-order valence-electron chi connectivity index (χ0n) is 15.7. The summed E-state index contributed by atoms with van der Waals surface area (Å²) in [5.41, 5.74) is 1.46. The number of likely N-dealkylation sites (tertiary alicyclic amines) is 1. The van der Waals surface area contributed by atoms with Crippen LogP contribution in [0.25, 0.3) is 0 Å². The molecule has 3 rings (SSSR count). The van der Waals surface area contributed by atoms with E-state index in [1.165, 1.54) is 17.7 Å². The molecule has 27 heavy (non-hydrogen) atoms. The summed E-state index contributed by atoms with van der Waals surface area (Å²) >= 11 is 0. The third-order valence-corrected chi connectivity index (χ3v) is 6.19. The minimum Gasteiger partial charge on any atom is -0.353 e. The monoisotopic (exact) mass is 393 g/mol. The quantitative estimate of drug-likeness (QED) is 0.701. The zero-order chi connectivity index (χ0) is 19.4. The Labute approximate surface area is 160 Å². The van der Waals surface area contributed by atoms with Gasteiger partial charge in [0.25, 0.3) is 5.91 Å². The number of hydrogen-bond acceptors (Lipinski definition) is 5. The Morgan fingerprint density at radius 3 is 2.59 bits per heavy atom. The van der Waals surface area contributed by atoms with E-state index in [0.717, 1.165) is 31.5 Å². The Morgan fingerprint density at radius 1 is 1.22 bits per heavy atom. The summed E-state index contributed by atoms with van der Waals surface area (Å²) in [5.74, 6) is -0.616. The van der Waals surface area contributed by atoms with E-state index in [1.807, 2.05) is 12.1 Å². The molecule has 7 nitrogen and oxygen atoms in total. The largest absolute Gasteiger partial charge is 0.353 e. The molecule has 2 heterocycles. The van der Waals surface area contributed by atoms with Gasteiger partial charge in [-0.1, -0.05) is 18.2 Å². The van der Waals surface area contributed by atoms with Gasteiger partial charge in [-0.2, -0.15) is 0 Å². The van der Waals surface area contributed by atoms with E-state index in [-0.39, 0.29) is 24.0 Å². The molecular weight excluding hydrogens is 366 g/mol. The van der Waals surface area contributed by atoms with E-state index in [0.29, 0.717) is 18.7 Å². The van der Waals surface area contributed by atoms with Crippen molar-refractivity contribution in [3.05, 3.63) is 35.4 Å². The Bertz CT molecular complexity index is 803. The second kappa shape index (κ2) is 8.39. The third-order valence-electron chi connectivity index (χ3n) is 5.22. The summed E-state index contributed by atoms with van der Waals surface area (Å²) in [4.78, 5) is 29.3. The van der Waals surface area contributed by atoms with Crippen LogP contribution in [0.15, 0.2) is 24.3 Å². The molecule has 0 aliphatic carbocycles. The van der Waals surface area contributed by atoms with Crippen LogP contribution in [0.4, 0.5) is 0 Å². The number of hydrogen-bond donors (Lipinski definition) is 1. The van der Waals surface area contributed by atoms with Gasteiger partial charge in [0.2, 0.25) is 5.91 Å². The lowest BCUT2D eigenvalue weighted by atomic mass is 10.1. The molecule has 1 N–H and O–H groups in total. The molecule has 148 valence electrons. The average molecular weight is 394 g/mol. The molecule has 8 heteroatoms. The zero-order valence-corrected chi connectivity index (χ0v) is 16.5. The van der Waals surface area contributed by atoms with Crippen LogP contribution in [-0.4, -0.2) is 74.3 Å². The molecule has 0 aromatic heterocycles. The number of nitrogens with one attached hydrogen (secondary N) is 1. The summed E-state index contributed by atoms with van der Waals surface area (Å²) < 4.78 is 23.2. The van der Waals surface area contributed by atoms with Crippen LogP contribution in [0, 0.1) is 0 Å². The highest BCUT2D eigenvalue weighted by Crippen LogP contribution is 2.25. The second-order valence-corrected chi connectivity index (χ2v) is 9.62. The average Bonchev–Trinajstić information content (AvgIpc) is 3.23. The van der Waals surface area contributed by atoms with Crippen LogP contribution in [-0.2, 0) is 21.2 Å². The Morgan fingerprint density at radius 2 is 1.93 bits per heavy atom. The van der Waals surface area contributed by atoms with Crippen molar-refractivity contribution < 1.29 is 18.0 Å². The lowest BCUT2D eigenvalue weighted by Gasteiger charge is -2.27. The minimum absolute atomic E-state index is 0.105. The van der Waals surface area contributed by atoms with Gasteiger partial charge in [0.15, 0.2) is 0 Å². The Kier molecular flexibility index (Phi) is 6.16. The lowest BCUT2D eigenvalue weighted by Crippen LogP contribution is -2.49. The molecule has 1 unspecified atom stereocenters. The molecular formula is C19H27N3O4S. The molecule has 1 aromatic rings. The first-order valence-corrected chi connectivity index (χ1v) is 11.5. The standard InChI is InChI=1S/C19H27N3O4S/c1-27(25,26)13-8-17(18(23)20-9-12-21-10-4-5-11-21)22-14-15-6-2-3-7-16(15)19(22)24/h2-3,6-7,17H,4-5,8-14H2,1H3,(H,20,23). The maximum absolute atomic E-state index is 12.8. The van der Waals surface area contributed by atoms with Crippen LogP contribution in [0.5, 0.6) is 0 Å². The van der Waals surface area contributed by atoms with Crippen molar-refractivity contribution in [3.8, 4) is 0 Å². The van der Waals surface area contributed by atoms with E-state index >= 15 is 0 Å². The fourth-order valence-corrected chi connectivity index (χ4v) is 4.40. The predicted octanol–water partition coefficient (Wildman–Crippen LogP) is 0.658. The van der Waals surface area contributed by atoms with Crippen molar-refractivity contribution in [2.75, 3.05) is 38.2 Å². The second-order valence-electron chi connectivity index (χ2n) is 7.36. The van der Waals surface area contributed by atoms with Crippen LogP contribution in [0.1, 0.15) is 35.2 Å². The Balaban J connectivity index is 1.67. The van der Waals surface area contributed by atoms with Crippen molar-refractivity contribution in [1.29, 1.82) is 0 Å². The highest BCUT2D eigenvalue weighted by molar-refractivity contribution is 7.90. The summed E-state index contributed by atoms with van der Waals surface area (Å²) in [6.07, 6.45) is 3.63. The molecule has 1 fully saturated rings. The molecule has 0 radical (unpaired) electrons. The summed E-state index contributed by atoms with van der Waals surface area (Å²) in [6, 6.07) is 6.49. The molecule has 2 aliphatic heterocycles. The number of rotatable bonds is 8. The highest BCUT2D eigenvalue weighted by atomic mass is 32.2. The van der Waals surface area contributed by atoms with Gasteiger partial charge in [0.1, 0.15) is 15.9 Å². The Hall–Kier alpha value is -1.93. The van der Waals surface area contributed by atoms with E-state index in [4.69, 9.17) is 0 Å². The topological polar surface area (TPSA) is 86.8 Å². The summed E-state index contributed by atoms with van der Waals surface area (Å²) in [7, 11) is -3.23. The normalized spacial score (nSPS) is 18.6. The summed E-state index contributed by atoms with van der Waals surface area (Å²) in [5, 5.41) is 2.90. The molecule has 1 atom stereocenters. The fraction of sp³-hybridized carbons (Fsp3) is 0.579. The number of carbonyl (C=O) groups is 2. The van der Waals surface area contributed by atoms with Gasteiger partial charge in [0.05, 0.1) is 5.75 Å². The molecule has 1 aromatic carbocycles. The molecule has 0 spiro atoms. The van der Waals surface area contributed by atoms with E-state index in [9.17, 15) is 18.0 Å². The van der Waals surface area contributed by atoms with Crippen molar-refractivity contribution in [2.24, 2.45) is 0 Å². The first kappa shape index (κ1) is 19.8. The lowest BCUT2D eigenvalue weighted by molar-refractivity contribution is -0.125. The first-order chi connectivity index (χ1) is 12.8. The van der Waals surface area contributed by atoms with Crippen molar-refractivity contribution >= 4 is 21.7 Å². The molecule has 0 saturated carbocycles. The smallest absolute Gasteiger partial charge is 0.255 e. The van der Waals surface area contributed by atoms with E-state index in [1.54, 1.807) is 12.1 Å². The third kappa shape index (κ3) is 5.07. The van der Waals surface area contributed by atoms with Gasteiger partial charge in [-0.15, -0.1) is 0 Å². The van der Waals surface area contributed by atoms with Gasteiger partial charge in [-0.25, -0.2) is 8.42 Å². The molecule has 2 amide bonds. The summed E-state index contributed by atoms with van der Waals surface area (Å²) in [6.45, 7) is 3.71. The van der Waals surface area contributed by atoms with Gasteiger partial charge >= 0.3 is 0 Å². The van der Waals surface area contributed by atoms with Crippen molar-refractivity contribution in [1.82, 2.24) is 15.1 Å². The van der Waals surface area contributed by atoms with Crippen LogP contribution < -0.4 is 5.32 Å². The predicted molar refractivity (Wildman–Crippen MR) is 103 cm³/mol. The number of sulfone groups is 1. The number of amides is 2. The maximum Gasteiger partial charge on any atom is 0.255 e. The minimum atomic E-state index is -3.23. The number of carbonyl (C=O) groups excluding carboxylic acids is 2. The van der Waals surface area contributed by atoms with Crippen molar-refractivity contribution in [3.63, 3.8) is 0 Å². The SMILES string of the molecule is CS(=O)(=O)CCC(C(=O)NCCN1CCCC1)N1Cc2ccccc2C1=O. The number of benzene rings is 1. The van der Waals surface area contributed by atoms with Gasteiger partial charge in [-0.05, 0) is 44.0 Å². The highest BCUT2D eigenvalue weighted by Gasteiger charge is 2.36. The van der Waals surface area contributed by atoms with Gasteiger partial charge < -0.3 is 15.1 Å². The molecule has 0 bridgehead atoms. The van der Waals surface area contributed by atoms with Crippen LogP contribution >= 0.6 is 0 Å².